The van der Waals surface area contributed by atoms with Gasteiger partial charge in [-0.25, -0.2) is 4.79 Å². The van der Waals surface area contributed by atoms with Crippen LogP contribution in [0.4, 0.5) is 17.1 Å². The summed E-state index contributed by atoms with van der Waals surface area (Å²) < 4.78 is 0. The molecule has 4 rings (SSSR count). The zero-order chi connectivity index (χ0) is 21.5. The molecule has 2 aromatic carbocycles. The van der Waals surface area contributed by atoms with Crippen molar-refractivity contribution in [3.05, 3.63) is 77.6 Å². The van der Waals surface area contributed by atoms with Gasteiger partial charge in [0.2, 0.25) is 0 Å². The normalized spacial score (nSPS) is 12.2. The number of carboxylic acid groups (broad SMARTS) is 1. The van der Waals surface area contributed by atoms with Crippen molar-refractivity contribution in [2.24, 2.45) is 0 Å². The van der Waals surface area contributed by atoms with E-state index in [9.17, 15) is 9.90 Å². The number of phenols is 1. The number of benzene rings is 2. The van der Waals surface area contributed by atoms with Crippen LogP contribution in [0.5, 0.6) is 5.75 Å². The largest absolute Gasteiger partial charge is 0.508 e. The first kappa shape index (κ1) is 21.2. The first-order chi connectivity index (χ1) is 14.5. The molecule has 30 heavy (non-hydrogen) atoms. The number of nitrogens with one attached hydrogen (secondary N) is 1. The minimum absolute atomic E-state index is 0.238. The maximum atomic E-state index is 10.5. The fourth-order valence-corrected chi connectivity index (χ4v) is 3.53. The van der Waals surface area contributed by atoms with Gasteiger partial charge in [0.1, 0.15) is 5.75 Å². The molecule has 0 spiro atoms. The molecule has 3 N–H and O–H groups in total. The number of aryl methyl sites for hydroxylation is 2. The first-order valence-electron chi connectivity index (χ1n) is 9.99. The van der Waals surface area contributed by atoms with Gasteiger partial charge in [0.15, 0.2) is 0 Å². The van der Waals surface area contributed by atoms with Gasteiger partial charge in [-0.3, -0.25) is 4.98 Å². The Balaban J connectivity index is 0.000000199. The highest BCUT2D eigenvalue weighted by Gasteiger charge is 2.12. The second-order valence-corrected chi connectivity index (χ2v) is 7.21. The summed E-state index contributed by atoms with van der Waals surface area (Å²) >= 11 is 0. The van der Waals surface area contributed by atoms with Crippen molar-refractivity contribution >= 4 is 23.0 Å². The summed E-state index contributed by atoms with van der Waals surface area (Å²) in [7, 11) is 3.72. The molecule has 1 aromatic heterocycles. The molecule has 0 fully saturated rings. The standard InChI is InChI=1S/C17H19NO.C7H8N2O2/c1-18(15-8-10-17(19)11-9-15)16-7-6-13-4-2-3-5-14(13)12-16;1-8-6-4-9-3-2-5(6)7(10)11/h6-12,19H,2-5H2,1H3;2-4,8H,1H3,(H,10,11). The highest BCUT2D eigenvalue weighted by atomic mass is 16.4. The summed E-state index contributed by atoms with van der Waals surface area (Å²) in [5.41, 5.74) is 6.07. The van der Waals surface area contributed by atoms with Crippen molar-refractivity contribution < 1.29 is 15.0 Å². The molecule has 156 valence electrons. The molecule has 1 aliphatic rings. The average molecular weight is 405 g/mol. The number of nitrogens with zero attached hydrogens (tertiary/aromatic N) is 2. The predicted octanol–water partition coefficient (Wildman–Crippen LogP) is 4.86. The zero-order valence-electron chi connectivity index (χ0n) is 17.3. The Morgan fingerprint density at radius 1 is 1.00 bits per heavy atom. The van der Waals surface area contributed by atoms with Gasteiger partial charge in [-0.2, -0.15) is 0 Å². The Morgan fingerprint density at radius 2 is 1.67 bits per heavy atom. The molecule has 0 saturated carbocycles. The van der Waals surface area contributed by atoms with Crippen LogP contribution in [0.2, 0.25) is 0 Å². The van der Waals surface area contributed by atoms with Crippen LogP contribution >= 0.6 is 0 Å². The van der Waals surface area contributed by atoms with E-state index in [1.807, 2.05) is 12.1 Å². The van der Waals surface area contributed by atoms with Gasteiger partial charge in [0.25, 0.3) is 0 Å². The number of aromatic hydroxyl groups is 1. The van der Waals surface area contributed by atoms with Crippen molar-refractivity contribution in [1.29, 1.82) is 0 Å². The van der Waals surface area contributed by atoms with E-state index < -0.39 is 5.97 Å². The lowest BCUT2D eigenvalue weighted by molar-refractivity contribution is 0.0698. The molecule has 6 nitrogen and oxygen atoms in total. The maximum absolute atomic E-state index is 10.5. The fourth-order valence-electron chi connectivity index (χ4n) is 3.53. The van der Waals surface area contributed by atoms with E-state index in [0.29, 0.717) is 11.4 Å². The average Bonchev–Trinajstić information content (AvgIpc) is 2.79. The number of hydrogen-bond donors (Lipinski definition) is 3. The van der Waals surface area contributed by atoms with E-state index in [0.717, 1.165) is 5.69 Å². The van der Waals surface area contributed by atoms with Crippen LogP contribution in [0.1, 0.15) is 34.3 Å². The van der Waals surface area contributed by atoms with Crippen LogP contribution in [0.25, 0.3) is 0 Å². The van der Waals surface area contributed by atoms with E-state index >= 15 is 0 Å². The number of carbonyl (C=O) groups is 1. The second kappa shape index (κ2) is 9.78. The number of aromatic carboxylic acids is 1. The lowest BCUT2D eigenvalue weighted by atomic mass is 9.91. The molecular formula is C24H27N3O3. The quantitative estimate of drug-likeness (QED) is 0.575. The highest BCUT2D eigenvalue weighted by molar-refractivity contribution is 5.93. The third-order valence-electron chi connectivity index (χ3n) is 5.28. The molecule has 0 bridgehead atoms. The van der Waals surface area contributed by atoms with E-state index in [4.69, 9.17) is 5.11 Å². The minimum atomic E-state index is -0.947. The smallest absolute Gasteiger partial charge is 0.337 e. The van der Waals surface area contributed by atoms with Gasteiger partial charge < -0.3 is 20.4 Å². The molecule has 0 radical (unpaired) electrons. The van der Waals surface area contributed by atoms with Crippen molar-refractivity contribution in [3.8, 4) is 5.75 Å². The fraction of sp³-hybridized carbons (Fsp3) is 0.250. The Labute approximate surface area is 176 Å². The maximum Gasteiger partial charge on any atom is 0.337 e. The minimum Gasteiger partial charge on any atom is -0.508 e. The molecule has 1 aliphatic carbocycles. The zero-order valence-corrected chi connectivity index (χ0v) is 17.3. The summed E-state index contributed by atoms with van der Waals surface area (Å²) in [6.07, 6.45) is 7.97. The van der Waals surface area contributed by atoms with Crippen molar-refractivity contribution in [2.75, 3.05) is 24.3 Å². The summed E-state index contributed by atoms with van der Waals surface area (Å²) in [4.78, 5) is 16.4. The Bertz CT molecular complexity index is 1000. The lowest BCUT2D eigenvalue weighted by Crippen LogP contribution is -2.11. The third-order valence-corrected chi connectivity index (χ3v) is 5.28. The van der Waals surface area contributed by atoms with Crippen LogP contribution < -0.4 is 10.2 Å². The highest BCUT2D eigenvalue weighted by Crippen LogP contribution is 2.30. The molecule has 6 heteroatoms. The molecule has 0 aliphatic heterocycles. The number of hydrogen-bond acceptors (Lipinski definition) is 5. The summed E-state index contributed by atoms with van der Waals surface area (Å²) in [6, 6.07) is 15.5. The van der Waals surface area contributed by atoms with Crippen LogP contribution in [0, 0.1) is 0 Å². The summed E-state index contributed by atoms with van der Waals surface area (Å²) in [5.74, 6) is -0.639. The van der Waals surface area contributed by atoms with Gasteiger partial charge in [-0.05, 0) is 79.3 Å². The summed E-state index contributed by atoms with van der Waals surface area (Å²) in [6.45, 7) is 0. The Morgan fingerprint density at radius 3 is 2.30 bits per heavy atom. The monoisotopic (exact) mass is 405 g/mol. The van der Waals surface area contributed by atoms with E-state index in [1.54, 1.807) is 19.2 Å². The number of aromatic nitrogens is 1. The number of fused-ring (bicyclic) bond motifs is 1. The SMILES string of the molecule is CN(c1ccc(O)cc1)c1ccc2c(c1)CCCC2.CNc1cnccc1C(=O)O. The molecule has 3 aromatic rings. The Hall–Kier alpha value is -3.54. The molecule has 0 saturated heterocycles. The van der Waals surface area contributed by atoms with Crippen LogP contribution in [0.15, 0.2) is 60.9 Å². The number of phenolic OH excluding ortho intramolecular Hbond substituents is 1. The van der Waals surface area contributed by atoms with Gasteiger partial charge in [-0.15, -0.1) is 0 Å². The molecule has 0 unspecified atom stereocenters. The first-order valence-corrected chi connectivity index (χ1v) is 9.99. The van der Waals surface area contributed by atoms with Gasteiger partial charge in [0.05, 0.1) is 17.4 Å². The van der Waals surface area contributed by atoms with Gasteiger partial charge >= 0.3 is 5.97 Å². The lowest BCUT2D eigenvalue weighted by Gasteiger charge is -2.23. The van der Waals surface area contributed by atoms with Crippen molar-refractivity contribution in [3.63, 3.8) is 0 Å². The summed E-state index contributed by atoms with van der Waals surface area (Å²) in [5, 5.41) is 20.7. The van der Waals surface area contributed by atoms with Crippen molar-refractivity contribution in [1.82, 2.24) is 4.98 Å². The Kier molecular flexibility index (Phi) is 6.91. The number of pyridine rings is 1. The van der Waals surface area contributed by atoms with Crippen LogP contribution in [-0.2, 0) is 12.8 Å². The molecule has 0 amide bonds. The number of rotatable bonds is 4. The topological polar surface area (TPSA) is 85.7 Å². The number of carboxylic acids is 1. The third kappa shape index (κ3) is 5.08. The van der Waals surface area contributed by atoms with E-state index in [2.05, 4.69) is 40.4 Å². The van der Waals surface area contributed by atoms with Crippen molar-refractivity contribution in [2.45, 2.75) is 25.7 Å². The molecule has 1 heterocycles. The second-order valence-electron chi connectivity index (χ2n) is 7.21. The number of anilines is 3. The van der Waals surface area contributed by atoms with E-state index in [1.165, 1.54) is 61.0 Å². The molecular weight excluding hydrogens is 378 g/mol. The van der Waals surface area contributed by atoms with E-state index in [-0.39, 0.29) is 5.56 Å². The van der Waals surface area contributed by atoms with Crippen LogP contribution in [0.3, 0.4) is 0 Å². The van der Waals surface area contributed by atoms with Gasteiger partial charge in [0, 0.05) is 31.7 Å². The van der Waals surface area contributed by atoms with Crippen LogP contribution in [-0.4, -0.2) is 35.3 Å². The molecule has 0 atom stereocenters. The predicted molar refractivity (Wildman–Crippen MR) is 120 cm³/mol. The van der Waals surface area contributed by atoms with Gasteiger partial charge in [-0.1, -0.05) is 6.07 Å².